The maximum absolute atomic E-state index is 5.82. The number of fused-ring (bicyclic) bond motifs is 1. The Balaban J connectivity index is 2.10. The van der Waals surface area contributed by atoms with E-state index in [4.69, 9.17) is 14.2 Å². The van der Waals surface area contributed by atoms with E-state index < -0.39 is 0 Å². The van der Waals surface area contributed by atoms with Crippen LogP contribution < -0.4 is 19.5 Å². The number of hydrogen-bond donors (Lipinski definition) is 1. The second kappa shape index (κ2) is 7.06. The molecule has 0 bridgehead atoms. The van der Waals surface area contributed by atoms with Gasteiger partial charge in [-0.25, -0.2) is 0 Å². The van der Waals surface area contributed by atoms with Crippen molar-refractivity contribution in [2.75, 3.05) is 13.4 Å². The topological polar surface area (TPSA) is 39.7 Å². The van der Waals surface area contributed by atoms with Gasteiger partial charge < -0.3 is 19.5 Å². The fraction of sp³-hybridized carbons (Fsp3) is 0.500. The molecule has 0 aromatic heterocycles. The predicted molar refractivity (Wildman–Crippen MR) is 78.1 cm³/mol. The van der Waals surface area contributed by atoms with Gasteiger partial charge in [-0.2, -0.15) is 0 Å². The van der Waals surface area contributed by atoms with Crippen molar-refractivity contribution in [1.82, 2.24) is 5.32 Å². The highest BCUT2D eigenvalue weighted by atomic mass is 16.7. The largest absolute Gasteiger partial charge is 0.492 e. The van der Waals surface area contributed by atoms with Gasteiger partial charge in [-0.05, 0) is 13.0 Å². The van der Waals surface area contributed by atoms with Crippen molar-refractivity contribution in [1.29, 1.82) is 0 Å². The number of nitrogens with one attached hydrogen (secondary N) is 1. The summed E-state index contributed by atoms with van der Waals surface area (Å²) in [7, 11) is 0. The zero-order chi connectivity index (χ0) is 14.4. The molecule has 0 unspecified atom stereocenters. The molecule has 0 fully saturated rings. The number of benzene rings is 1. The fourth-order valence-electron chi connectivity index (χ4n) is 1.89. The molecule has 1 heterocycles. The number of rotatable bonds is 6. The van der Waals surface area contributed by atoms with Crippen LogP contribution in [0.3, 0.4) is 0 Å². The Morgan fingerprint density at radius 1 is 1.30 bits per heavy atom. The lowest BCUT2D eigenvalue weighted by atomic mass is 10.1. The summed E-state index contributed by atoms with van der Waals surface area (Å²) < 4.78 is 16.6. The van der Waals surface area contributed by atoms with Gasteiger partial charge >= 0.3 is 0 Å². The van der Waals surface area contributed by atoms with Gasteiger partial charge in [0.2, 0.25) is 6.79 Å². The second-order valence-electron chi connectivity index (χ2n) is 4.87. The van der Waals surface area contributed by atoms with Crippen LogP contribution in [-0.4, -0.2) is 19.4 Å². The highest BCUT2D eigenvalue weighted by Gasteiger charge is 2.18. The summed E-state index contributed by atoms with van der Waals surface area (Å²) in [6.45, 7) is 7.66. The van der Waals surface area contributed by atoms with Crippen LogP contribution in [0.4, 0.5) is 0 Å². The highest BCUT2D eigenvalue weighted by molar-refractivity contribution is 5.51. The van der Waals surface area contributed by atoms with E-state index >= 15 is 0 Å². The normalized spacial score (nSPS) is 12.2. The van der Waals surface area contributed by atoms with E-state index in [9.17, 15) is 0 Å². The maximum atomic E-state index is 5.82. The summed E-state index contributed by atoms with van der Waals surface area (Å²) in [4.78, 5) is 0. The molecule has 1 aliphatic rings. The first kappa shape index (κ1) is 14.5. The monoisotopic (exact) mass is 275 g/mol. The summed E-state index contributed by atoms with van der Waals surface area (Å²) in [5.41, 5.74) is 1.08. The molecule has 1 N–H and O–H groups in total. The van der Waals surface area contributed by atoms with Crippen LogP contribution in [0.5, 0.6) is 17.2 Å². The van der Waals surface area contributed by atoms with E-state index in [-0.39, 0.29) is 6.79 Å². The average molecular weight is 275 g/mol. The molecule has 4 nitrogen and oxygen atoms in total. The Kier molecular flexibility index (Phi) is 5.14. The van der Waals surface area contributed by atoms with Crippen molar-refractivity contribution in [3.8, 4) is 29.1 Å². The fourth-order valence-corrected chi connectivity index (χ4v) is 1.89. The molecule has 1 aromatic rings. The van der Waals surface area contributed by atoms with E-state index in [1.54, 1.807) is 0 Å². The highest BCUT2D eigenvalue weighted by Crippen LogP contribution is 2.38. The van der Waals surface area contributed by atoms with Crippen LogP contribution in [0, 0.1) is 11.8 Å². The van der Waals surface area contributed by atoms with Gasteiger partial charge in [-0.15, -0.1) is 11.8 Å². The van der Waals surface area contributed by atoms with Crippen LogP contribution in [0.15, 0.2) is 12.1 Å². The van der Waals surface area contributed by atoms with E-state index in [0.717, 1.165) is 35.8 Å². The third-order valence-electron chi connectivity index (χ3n) is 2.92. The molecule has 1 aliphatic heterocycles. The molecule has 0 aliphatic carbocycles. The van der Waals surface area contributed by atoms with Crippen molar-refractivity contribution in [2.45, 2.75) is 39.8 Å². The summed E-state index contributed by atoms with van der Waals surface area (Å²) in [5.74, 6) is 8.22. The Labute approximate surface area is 120 Å². The molecule has 2 rings (SSSR count). The summed E-state index contributed by atoms with van der Waals surface area (Å²) in [6.07, 6.45) is 0.724. The smallest absolute Gasteiger partial charge is 0.231 e. The standard InChI is InChI=1S/C16H21NO3/c1-4-5-6-7-18-14-9-16-15(19-11-20-16)8-13(14)10-17-12(2)3/h8-9,12,17H,6-7,10-11H2,1-3H3. The zero-order valence-corrected chi connectivity index (χ0v) is 12.3. The van der Waals surface area contributed by atoms with Crippen molar-refractivity contribution in [2.24, 2.45) is 0 Å². The van der Waals surface area contributed by atoms with Crippen molar-refractivity contribution < 1.29 is 14.2 Å². The molecule has 1 aromatic carbocycles. The predicted octanol–water partition coefficient (Wildman–Crippen LogP) is 2.71. The van der Waals surface area contributed by atoms with Gasteiger partial charge in [-0.3, -0.25) is 0 Å². The molecule has 4 heteroatoms. The lowest BCUT2D eigenvalue weighted by molar-refractivity contribution is 0.173. The first-order chi connectivity index (χ1) is 9.70. The van der Waals surface area contributed by atoms with Gasteiger partial charge in [0, 0.05) is 30.6 Å². The van der Waals surface area contributed by atoms with E-state index in [1.807, 2.05) is 19.1 Å². The lowest BCUT2D eigenvalue weighted by Crippen LogP contribution is -2.22. The van der Waals surface area contributed by atoms with E-state index in [2.05, 4.69) is 31.0 Å². The Hall–Kier alpha value is -1.86. The van der Waals surface area contributed by atoms with Crippen LogP contribution in [-0.2, 0) is 6.54 Å². The Bertz CT molecular complexity index is 514. The minimum atomic E-state index is 0.275. The van der Waals surface area contributed by atoms with Gasteiger partial charge in [-0.1, -0.05) is 13.8 Å². The first-order valence-electron chi connectivity index (χ1n) is 6.89. The molecular formula is C16H21NO3. The number of hydrogen-bond acceptors (Lipinski definition) is 4. The molecule has 0 saturated carbocycles. The molecule has 0 amide bonds. The summed E-state index contributed by atoms with van der Waals surface area (Å²) in [5, 5.41) is 3.39. The lowest BCUT2D eigenvalue weighted by Gasteiger charge is -2.14. The van der Waals surface area contributed by atoms with Crippen LogP contribution in [0.2, 0.25) is 0 Å². The Morgan fingerprint density at radius 3 is 2.75 bits per heavy atom. The van der Waals surface area contributed by atoms with Gasteiger partial charge in [0.25, 0.3) is 0 Å². The van der Waals surface area contributed by atoms with Crippen LogP contribution in [0.25, 0.3) is 0 Å². The minimum absolute atomic E-state index is 0.275. The van der Waals surface area contributed by atoms with Crippen LogP contribution >= 0.6 is 0 Å². The van der Waals surface area contributed by atoms with Gasteiger partial charge in [0.05, 0.1) is 6.61 Å². The second-order valence-corrected chi connectivity index (χ2v) is 4.87. The molecule has 20 heavy (non-hydrogen) atoms. The van der Waals surface area contributed by atoms with Crippen molar-refractivity contribution in [3.05, 3.63) is 17.7 Å². The van der Waals surface area contributed by atoms with E-state index in [1.165, 1.54) is 0 Å². The molecular weight excluding hydrogens is 254 g/mol. The third-order valence-corrected chi connectivity index (χ3v) is 2.92. The van der Waals surface area contributed by atoms with Gasteiger partial charge in [0.15, 0.2) is 11.5 Å². The minimum Gasteiger partial charge on any atom is -0.492 e. The first-order valence-corrected chi connectivity index (χ1v) is 6.89. The third kappa shape index (κ3) is 3.82. The van der Waals surface area contributed by atoms with Crippen molar-refractivity contribution >= 4 is 0 Å². The van der Waals surface area contributed by atoms with Gasteiger partial charge in [0.1, 0.15) is 5.75 Å². The molecule has 0 atom stereocenters. The molecule has 0 spiro atoms. The molecule has 0 radical (unpaired) electrons. The number of ether oxygens (including phenoxy) is 3. The quantitative estimate of drug-likeness (QED) is 0.640. The summed E-state index contributed by atoms with van der Waals surface area (Å²) in [6, 6.07) is 4.30. The van der Waals surface area contributed by atoms with Crippen LogP contribution in [0.1, 0.15) is 32.8 Å². The Morgan fingerprint density at radius 2 is 2.05 bits per heavy atom. The average Bonchev–Trinajstić information content (AvgIpc) is 2.87. The van der Waals surface area contributed by atoms with Crippen molar-refractivity contribution in [3.63, 3.8) is 0 Å². The maximum Gasteiger partial charge on any atom is 0.231 e. The van der Waals surface area contributed by atoms with E-state index in [0.29, 0.717) is 12.6 Å². The molecule has 108 valence electrons. The SMILES string of the molecule is CC#CCCOc1cc2c(cc1CNC(C)C)OCO2. The molecule has 0 saturated heterocycles. The summed E-state index contributed by atoms with van der Waals surface area (Å²) >= 11 is 0. The zero-order valence-electron chi connectivity index (χ0n) is 12.3.